The summed E-state index contributed by atoms with van der Waals surface area (Å²) < 4.78 is 2.12. The molecular formula is C26H24ClN3O. The second-order valence-electron chi connectivity index (χ2n) is 7.99. The quantitative estimate of drug-likeness (QED) is 0.397. The maximum Gasteiger partial charge on any atom is 0.222 e. The molecule has 1 saturated heterocycles. The molecule has 0 aliphatic carbocycles. The lowest BCUT2D eigenvalue weighted by Crippen LogP contribution is -2.27. The molecule has 1 aliphatic heterocycles. The second kappa shape index (κ2) is 8.56. The van der Waals surface area contributed by atoms with Gasteiger partial charge < -0.3 is 9.30 Å². The average molecular weight is 430 g/mol. The summed E-state index contributed by atoms with van der Waals surface area (Å²) in [6.45, 7) is 1.77. The van der Waals surface area contributed by atoms with Crippen molar-refractivity contribution in [2.45, 2.75) is 25.7 Å². The zero-order valence-electron chi connectivity index (χ0n) is 17.3. The molecule has 5 rings (SSSR count). The summed E-state index contributed by atoms with van der Waals surface area (Å²) >= 11 is 6.45. The molecule has 2 aromatic heterocycles. The minimum atomic E-state index is 0.230. The third-order valence-electron chi connectivity index (χ3n) is 5.98. The van der Waals surface area contributed by atoms with Crippen molar-refractivity contribution in [1.29, 1.82) is 0 Å². The number of halogens is 1. The predicted octanol–water partition coefficient (Wildman–Crippen LogP) is 5.88. The molecule has 2 aromatic carbocycles. The zero-order valence-corrected chi connectivity index (χ0v) is 18.1. The Labute approximate surface area is 187 Å². The third kappa shape index (κ3) is 3.96. The molecule has 0 unspecified atom stereocenters. The Morgan fingerprint density at radius 3 is 2.42 bits per heavy atom. The number of aryl methyl sites for hydroxylation is 1. The van der Waals surface area contributed by atoms with E-state index in [2.05, 4.69) is 28.8 Å². The van der Waals surface area contributed by atoms with Gasteiger partial charge in [0.25, 0.3) is 0 Å². The van der Waals surface area contributed by atoms with Crippen molar-refractivity contribution >= 4 is 23.2 Å². The molecule has 1 amide bonds. The Balaban J connectivity index is 1.57. The van der Waals surface area contributed by atoms with Crippen molar-refractivity contribution in [2.24, 2.45) is 0 Å². The summed E-state index contributed by atoms with van der Waals surface area (Å²) in [5.74, 6) is 0.230. The summed E-state index contributed by atoms with van der Waals surface area (Å²) in [4.78, 5) is 19.6. The molecule has 4 aromatic rings. The number of fused-ring (bicyclic) bond motifs is 1. The summed E-state index contributed by atoms with van der Waals surface area (Å²) in [5.41, 5.74) is 5.95. The minimum Gasteiger partial charge on any atom is -0.343 e. The highest BCUT2D eigenvalue weighted by atomic mass is 35.5. The maximum absolute atomic E-state index is 12.7. The van der Waals surface area contributed by atoms with Gasteiger partial charge in [-0.25, -0.2) is 4.98 Å². The molecule has 156 valence electrons. The fourth-order valence-electron chi connectivity index (χ4n) is 4.36. The SMILES string of the molecule is O=C(CCc1c(-c2ccccc2)nc2ccc(-c3ccccc3Cl)cn12)N1CCCC1. The van der Waals surface area contributed by atoms with E-state index in [-0.39, 0.29) is 5.91 Å². The molecule has 1 fully saturated rings. The van der Waals surface area contributed by atoms with Crippen LogP contribution >= 0.6 is 11.6 Å². The first kappa shape index (κ1) is 19.8. The fourth-order valence-corrected chi connectivity index (χ4v) is 4.61. The highest BCUT2D eigenvalue weighted by molar-refractivity contribution is 6.33. The number of carbonyl (C=O) groups excluding carboxylic acids is 1. The van der Waals surface area contributed by atoms with Crippen LogP contribution in [0.4, 0.5) is 0 Å². The van der Waals surface area contributed by atoms with Gasteiger partial charge in [0.05, 0.1) is 11.4 Å². The number of carbonyl (C=O) groups is 1. The highest BCUT2D eigenvalue weighted by Crippen LogP contribution is 2.31. The number of benzene rings is 2. The molecule has 0 bridgehead atoms. The van der Waals surface area contributed by atoms with Gasteiger partial charge in [-0.05, 0) is 43.0 Å². The van der Waals surface area contributed by atoms with E-state index < -0.39 is 0 Å². The molecule has 4 nitrogen and oxygen atoms in total. The van der Waals surface area contributed by atoms with Crippen LogP contribution in [0.1, 0.15) is 25.0 Å². The Morgan fingerprint density at radius 1 is 0.903 bits per heavy atom. The molecule has 3 heterocycles. The van der Waals surface area contributed by atoms with E-state index in [9.17, 15) is 4.79 Å². The molecule has 1 aliphatic rings. The molecule has 0 N–H and O–H groups in total. The van der Waals surface area contributed by atoms with E-state index in [0.717, 1.165) is 64.7 Å². The first-order chi connectivity index (χ1) is 15.2. The number of hydrogen-bond donors (Lipinski definition) is 0. The van der Waals surface area contributed by atoms with Crippen LogP contribution in [0.5, 0.6) is 0 Å². The number of amides is 1. The van der Waals surface area contributed by atoms with Crippen LogP contribution in [0.2, 0.25) is 5.02 Å². The van der Waals surface area contributed by atoms with Gasteiger partial charge in [-0.2, -0.15) is 0 Å². The molecule has 0 saturated carbocycles. The number of hydrogen-bond acceptors (Lipinski definition) is 2. The zero-order chi connectivity index (χ0) is 21.2. The van der Waals surface area contributed by atoms with Gasteiger partial charge in [-0.15, -0.1) is 0 Å². The van der Waals surface area contributed by atoms with E-state index in [0.29, 0.717) is 12.8 Å². The van der Waals surface area contributed by atoms with Crippen molar-refractivity contribution in [3.63, 3.8) is 0 Å². The lowest BCUT2D eigenvalue weighted by molar-refractivity contribution is -0.130. The van der Waals surface area contributed by atoms with Crippen LogP contribution in [0.3, 0.4) is 0 Å². The van der Waals surface area contributed by atoms with Crippen molar-refractivity contribution < 1.29 is 4.79 Å². The number of aromatic nitrogens is 2. The minimum absolute atomic E-state index is 0.230. The Bertz CT molecular complexity index is 1230. The van der Waals surface area contributed by atoms with Crippen molar-refractivity contribution in [2.75, 3.05) is 13.1 Å². The molecular weight excluding hydrogens is 406 g/mol. The van der Waals surface area contributed by atoms with Crippen LogP contribution in [0, 0.1) is 0 Å². The summed E-state index contributed by atoms with van der Waals surface area (Å²) in [6, 6.07) is 22.1. The van der Waals surface area contributed by atoms with E-state index >= 15 is 0 Å². The van der Waals surface area contributed by atoms with E-state index in [1.54, 1.807) is 0 Å². The molecule has 5 heteroatoms. The summed E-state index contributed by atoms with van der Waals surface area (Å²) in [5, 5.41) is 0.719. The Hall–Kier alpha value is -3.11. The van der Waals surface area contributed by atoms with E-state index in [4.69, 9.17) is 16.6 Å². The van der Waals surface area contributed by atoms with Gasteiger partial charge in [0.15, 0.2) is 0 Å². The number of rotatable bonds is 5. The van der Waals surface area contributed by atoms with Crippen molar-refractivity contribution in [3.8, 4) is 22.4 Å². The van der Waals surface area contributed by atoms with Crippen molar-refractivity contribution in [1.82, 2.24) is 14.3 Å². The lowest BCUT2D eigenvalue weighted by Gasteiger charge is -2.15. The van der Waals surface area contributed by atoms with Crippen LogP contribution in [-0.4, -0.2) is 33.3 Å². The van der Waals surface area contributed by atoms with Gasteiger partial charge in [0.2, 0.25) is 5.91 Å². The standard InChI is InChI=1S/C26H24ClN3O/c27-22-11-5-4-10-21(22)20-12-14-24-28-26(19-8-2-1-3-9-19)23(30(24)18-20)13-15-25(31)29-16-6-7-17-29/h1-5,8-12,14,18H,6-7,13,15-17H2. The monoisotopic (exact) mass is 429 g/mol. The molecule has 0 spiro atoms. The van der Waals surface area contributed by atoms with Crippen LogP contribution in [0.25, 0.3) is 28.0 Å². The maximum atomic E-state index is 12.7. The first-order valence-electron chi connectivity index (χ1n) is 10.8. The summed E-state index contributed by atoms with van der Waals surface area (Å²) in [7, 11) is 0. The van der Waals surface area contributed by atoms with Gasteiger partial charge in [0, 0.05) is 41.9 Å². The van der Waals surface area contributed by atoms with Gasteiger partial charge in [-0.1, -0.05) is 60.1 Å². The fraction of sp³-hybridized carbons (Fsp3) is 0.231. The highest BCUT2D eigenvalue weighted by Gasteiger charge is 2.20. The third-order valence-corrected chi connectivity index (χ3v) is 6.31. The van der Waals surface area contributed by atoms with Crippen LogP contribution in [0.15, 0.2) is 72.9 Å². The Morgan fingerprint density at radius 2 is 1.65 bits per heavy atom. The number of pyridine rings is 1. The van der Waals surface area contributed by atoms with Crippen molar-refractivity contribution in [3.05, 3.63) is 83.6 Å². The van der Waals surface area contributed by atoms with Crippen LogP contribution in [-0.2, 0) is 11.2 Å². The topological polar surface area (TPSA) is 37.6 Å². The summed E-state index contributed by atoms with van der Waals surface area (Å²) in [6.07, 6.45) is 5.44. The Kier molecular flexibility index (Phi) is 5.47. The first-order valence-corrected chi connectivity index (χ1v) is 11.2. The second-order valence-corrected chi connectivity index (χ2v) is 8.39. The molecule has 0 radical (unpaired) electrons. The normalized spacial score (nSPS) is 13.8. The molecule has 0 atom stereocenters. The van der Waals surface area contributed by atoms with E-state index in [1.165, 1.54) is 0 Å². The van der Waals surface area contributed by atoms with Crippen LogP contribution < -0.4 is 0 Å². The van der Waals surface area contributed by atoms with Gasteiger partial charge in [-0.3, -0.25) is 4.79 Å². The number of nitrogens with zero attached hydrogens (tertiary/aromatic N) is 3. The molecule has 31 heavy (non-hydrogen) atoms. The van der Waals surface area contributed by atoms with Gasteiger partial charge >= 0.3 is 0 Å². The number of likely N-dealkylation sites (tertiary alicyclic amines) is 1. The smallest absolute Gasteiger partial charge is 0.222 e. The largest absolute Gasteiger partial charge is 0.343 e. The average Bonchev–Trinajstić information content (AvgIpc) is 3.46. The van der Waals surface area contributed by atoms with E-state index in [1.807, 2.05) is 53.4 Å². The predicted molar refractivity (Wildman–Crippen MR) is 125 cm³/mol. The lowest BCUT2D eigenvalue weighted by atomic mass is 10.1. The number of imidazole rings is 1. The van der Waals surface area contributed by atoms with Gasteiger partial charge in [0.1, 0.15) is 5.65 Å².